The first-order valence-electron chi connectivity index (χ1n) is 8.18. The number of benzene rings is 1. The minimum absolute atomic E-state index is 0.234. The second kappa shape index (κ2) is 7.18. The first kappa shape index (κ1) is 16.1. The Labute approximate surface area is 140 Å². The van der Waals surface area contributed by atoms with Crippen molar-refractivity contribution in [1.82, 2.24) is 4.98 Å². The maximum Gasteiger partial charge on any atom is 0.240 e. The van der Waals surface area contributed by atoms with Crippen LogP contribution >= 0.6 is 0 Å². The van der Waals surface area contributed by atoms with E-state index in [1.807, 2.05) is 18.2 Å². The summed E-state index contributed by atoms with van der Waals surface area (Å²) in [5, 5.41) is 9.31. The van der Waals surface area contributed by atoms with Gasteiger partial charge in [0, 0.05) is 13.0 Å². The monoisotopic (exact) mass is 324 g/mol. The molecule has 124 valence electrons. The number of primary amides is 1. The number of nitriles is 1. The van der Waals surface area contributed by atoms with Gasteiger partial charge in [-0.25, -0.2) is 4.98 Å². The summed E-state index contributed by atoms with van der Waals surface area (Å²) >= 11 is 0. The lowest BCUT2D eigenvalue weighted by molar-refractivity contribution is -0.119. The molecule has 1 unspecified atom stereocenters. The summed E-state index contributed by atoms with van der Waals surface area (Å²) in [6, 6.07) is 11.9. The largest absolute Gasteiger partial charge is 0.424 e. The number of hydrogen-bond donors (Lipinski definition) is 1. The topological polar surface area (TPSA) is 96.2 Å². The predicted molar refractivity (Wildman–Crippen MR) is 89.2 cm³/mol. The number of nitrogens with zero attached hydrogens (tertiary/aromatic N) is 3. The molecular weight excluding hydrogens is 304 g/mol. The van der Waals surface area contributed by atoms with Gasteiger partial charge in [-0.1, -0.05) is 30.3 Å². The number of anilines is 1. The zero-order valence-corrected chi connectivity index (χ0v) is 13.4. The van der Waals surface area contributed by atoms with E-state index in [0.29, 0.717) is 31.2 Å². The van der Waals surface area contributed by atoms with Crippen molar-refractivity contribution in [3.8, 4) is 6.07 Å². The normalized spacial score (nSPS) is 17.0. The molecule has 1 aliphatic rings. The Morgan fingerprint density at radius 3 is 2.88 bits per heavy atom. The average molecular weight is 324 g/mol. The number of amides is 1. The van der Waals surface area contributed by atoms with Crippen molar-refractivity contribution in [2.45, 2.75) is 38.1 Å². The smallest absolute Gasteiger partial charge is 0.240 e. The van der Waals surface area contributed by atoms with E-state index in [2.05, 4.69) is 23.2 Å². The minimum atomic E-state index is -0.415. The number of hydrogen-bond acceptors (Lipinski definition) is 5. The molecule has 1 aromatic heterocycles. The van der Waals surface area contributed by atoms with E-state index in [0.717, 1.165) is 19.3 Å². The van der Waals surface area contributed by atoms with Crippen LogP contribution in [0.25, 0.3) is 0 Å². The number of carbonyl (C=O) groups is 1. The fourth-order valence-electron chi connectivity index (χ4n) is 3.12. The molecule has 6 nitrogen and oxygen atoms in total. The molecule has 6 heteroatoms. The van der Waals surface area contributed by atoms with Crippen molar-refractivity contribution in [2.24, 2.45) is 5.73 Å². The average Bonchev–Trinajstić information content (AvgIpc) is 3.22. The Bertz CT molecular complexity index is 748. The van der Waals surface area contributed by atoms with Gasteiger partial charge in [-0.15, -0.1) is 0 Å². The lowest BCUT2D eigenvalue weighted by atomic mass is 10.1. The Balaban J connectivity index is 1.69. The van der Waals surface area contributed by atoms with Crippen LogP contribution in [0.5, 0.6) is 0 Å². The van der Waals surface area contributed by atoms with Gasteiger partial charge in [0.05, 0.1) is 0 Å². The first-order valence-corrected chi connectivity index (χ1v) is 8.18. The molecule has 1 amide bonds. The van der Waals surface area contributed by atoms with E-state index in [4.69, 9.17) is 10.2 Å². The van der Waals surface area contributed by atoms with Crippen LogP contribution in [-0.2, 0) is 17.6 Å². The van der Waals surface area contributed by atoms with Crippen molar-refractivity contribution in [2.75, 3.05) is 11.4 Å². The van der Waals surface area contributed by atoms with Gasteiger partial charge < -0.3 is 15.1 Å². The summed E-state index contributed by atoms with van der Waals surface area (Å²) < 4.78 is 5.79. The van der Waals surface area contributed by atoms with Gasteiger partial charge in [0.2, 0.25) is 17.5 Å². The number of nitrogens with two attached hydrogens (primary N) is 1. The molecule has 1 saturated heterocycles. The number of oxazole rings is 1. The molecule has 0 aliphatic carbocycles. The van der Waals surface area contributed by atoms with Crippen LogP contribution in [0.1, 0.15) is 36.4 Å². The molecule has 0 radical (unpaired) electrons. The maximum absolute atomic E-state index is 11.6. The molecule has 1 atom stereocenters. The number of aryl methyl sites for hydroxylation is 2. The first-order chi connectivity index (χ1) is 11.7. The maximum atomic E-state index is 11.6. The van der Waals surface area contributed by atoms with Crippen LogP contribution in [0.4, 0.5) is 5.88 Å². The lowest BCUT2D eigenvalue weighted by Gasteiger charge is -2.20. The van der Waals surface area contributed by atoms with Gasteiger partial charge in [-0.2, -0.15) is 5.26 Å². The molecule has 2 heterocycles. The highest BCUT2D eigenvalue weighted by Crippen LogP contribution is 2.29. The standard InChI is InChI=1S/C18H20N4O2/c19-12-14-18(22-11-5-9-15(22)17(20)23)24-16(21-14)10-4-8-13-6-2-1-3-7-13/h1-3,6-7,15H,4-5,8-11H2,(H2,20,23). The molecule has 0 bridgehead atoms. The summed E-state index contributed by atoms with van der Waals surface area (Å²) in [4.78, 5) is 17.6. The van der Waals surface area contributed by atoms with Gasteiger partial charge >= 0.3 is 0 Å². The van der Waals surface area contributed by atoms with Crippen LogP contribution in [0.15, 0.2) is 34.7 Å². The fraction of sp³-hybridized carbons (Fsp3) is 0.389. The molecule has 2 N–H and O–H groups in total. The molecule has 24 heavy (non-hydrogen) atoms. The van der Waals surface area contributed by atoms with Gasteiger partial charge in [-0.05, 0) is 31.2 Å². The third kappa shape index (κ3) is 3.40. The Morgan fingerprint density at radius 2 is 2.17 bits per heavy atom. The van der Waals surface area contributed by atoms with E-state index in [-0.39, 0.29) is 5.69 Å². The number of carbonyl (C=O) groups excluding carboxylic acids is 1. The van der Waals surface area contributed by atoms with E-state index in [1.54, 1.807) is 4.90 Å². The molecule has 0 spiro atoms. The lowest BCUT2D eigenvalue weighted by Crippen LogP contribution is -2.40. The summed E-state index contributed by atoms with van der Waals surface area (Å²) in [6.45, 7) is 0.654. The van der Waals surface area contributed by atoms with Crippen LogP contribution < -0.4 is 10.6 Å². The van der Waals surface area contributed by atoms with E-state index in [9.17, 15) is 10.1 Å². The van der Waals surface area contributed by atoms with E-state index in [1.165, 1.54) is 5.56 Å². The fourth-order valence-corrected chi connectivity index (χ4v) is 3.12. The Kier molecular flexibility index (Phi) is 4.80. The summed E-state index contributed by atoms with van der Waals surface area (Å²) in [6.07, 6.45) is 3.99. The molecule has 3 rings (SSSR count). The Hall–Kier alpha value is -2.81. The third-order valence-electron chi connectivity index (χ3n) is 4.30. The number of rotatable bonds is 6. The van der Waals surface area contributed by atoms with Crippen LogP contribution in [0.3, 0.4) is 0 Å². The quantitative estimate of drug-likeness (QED) is 0.878. The van der Waals surface area contributed by atoms with Gasteiger partial charge in [0.25, 0.3) is 0 Å². The zero-order chi connectivity index (χ0) is 16.9. The second-order valence-corrected chi connectivity index (χ2v) is 5.97. The highest BCUT2D eigenvalue weighted by atomic mass is 16.4. The SMILES string of the molecule is N#Cc1nc(CCCc2ccccc2)oc1N1CCCC1C(N)=O. The second-order valence-electron chi connectivity index (χ2n) is 5.97. The van der Waals surface area contributed by atoms with Crippen molar-refractivity contribution in [3.05, 3.63) is 47.5 Å². The van der Waals surface area contributed by atoms with Crippen LogP contribution in [-0.4, -0.2) is 23.5 Å². The van der Waals surface area contributed by atoms with Crippen molar-refractivity contribution in [1.29, 1.82) is 5.26 Å². The van der Waals surface area contributed by atoms with Gasteiger partial charge in [0.15, 0.2) is 5.89 Å². The van der Waals surface area contributed by atoms with Crippen LogP contribution in [0.2, 0.25) is 0 Å². The predicted octanol–water partition coefficient (Wildman–Crippen LogP) is 2.18. The highest BCUT2D eigenvalue weighted by molar-refractivity contribution is 5.84. The van der Waals surface area contributed by atoms with Crippen molar-refractivity contribution >= 4 is 11.8 Å². The molecule has 1 aliphatic heterocycles. The van der Waals surface area contributed by atoms with Crippen molar-refractivity contribution < 1.29 is 9.21 Å². The summed E-state index contributed by atoms with van der Waals surface area (Å²) in [5.74, 6) is 0.527. The molecule has 2 aromatic rings. The molecular formula is C18H20N4O2. The third-order valence-corrected chi connectivity index (χ3v) is 4.30. The molecule has 0 saturated carbocycles. The van der Waals surface area contributed by atoms with Crippen LogP contribution in [0, 0.1) is 11.3 Å². The highest BCUT2D eigenvalue weighted by Gasteiger charge is 2.33. The Morgan fingerprint density at radius 1 is 1.38 bits per heavy atom. The van der Waals surface area contributed by atoms with Gasteiger partial charge in [-0.3, -0.25) is 4.79 Å². The number of aromatic nitrogens is 1. The van der Waals surface area contributed by atoms with E-state index >= 15 is 0 Å². The van der Waals surface area contributed by atoms with Crippen molar-refractivity contribution in [3.63, 3.8) is 0 Å². The summed E-state index contributed by atoms with van der Waals surface area (Å²) in [7, 11) is 0. The molecule has 1 fully saturated rings. The molecule has 1 aromatic carbocycles. The minimum Gasteiger partial charge on any atom is -0.424 e. The summed E-state index contributed by atoms with van der Waals surface area (Å²) in [5.41, 5.74) is 6.94. The van der Waals surface area contributed by atoms with Gasteiger partial charge in [0.1, 0.15) is 12.1 Å². The zero-order valence-electron chi connectivity index (χ0n) is 13.4. The van der Waals surface area contributed by atoms with E-state index < -0.39 is 11.9 Å².